The van der Waals surface area contributed by atoms with Gasteiger partial charge in [0.05, 0.1) is 18.2 Å². The minimum Gasteiger partial charge on any atom is -0.333 e. The molecule has 122 valence electrons. The molecule has 1 aromatic carbocycles. The Kier molecular flexibility index (Phi) is 4.57. The molecule has 1 saturated heterocycles. The summed E-state index contributed by atoms with van der Waals surface area (Å²) in [7, 11) is 0. The van der Waals surface area contributed by atoms with E-state index in [2.05, 4.69) is 5.32 Å². The van der Waals surface area contributed by atoms with E-state index in [4.69, 9.17) is 0 Å². The number of nitrogens with zero attached hydrogens (tertiary/aromatic N) is 1. The fraction of sp³-hybridized carbons (Fsp3) is 0.500. The summed E-state index contributed by atoms with van der Waals surface area (Å²) in [4.78, 5) is 37.5. The number of hydrogen-bond donors (Lipinski definition) is 1. The number of carbonyl (C=O) groups excluding carboxylic acids is 3. The molecule has 1 heterocycles. The summed E-state index contributed by atoms with van der Waals surface area (Å²) >= 11 is 0. The second kappa shape index (κ2) is 6.62. The molecule has 0 spiro atoms. The first-order chi connectivity index (χ1) is 11.1. The molecular weight excluding hydrogens is 292 g/mol. The number of quaternary nitrogens is 1. The molecule has 1 aliphatic heterocycles. The molecule has 1 atom stereocenters. The number of benzene rings is 1. The maximum atomic E-state index is 12.6. The molecule has 1 aromatic rings. The lowest BCUT2D eigenvalue weighted by Crippen LogP contribution is -2.96. The van der Waals surface area contributed by atoms with Crippen LogP contribution in [-0.4, -0.2) is 29.7 Å². The number of anilines is 1. The van der Waals surface area contributed by atoms with Gasteiger partial charge in [0, 0.05) is 5.56 Å². The Hall–Kier alpha value is -2.01. The number of carbonyl (C=O) groups is 3. The van der Waals surface area contributed by atoms with E-state index in [0.717, 1.165) is 12.8 Å². The van der Waals surface area contributed by atoms with E-state index in [1.54, 1.807) is 24.3 Å². The van der Waals surface area contributed by atoms with Gasteiger partial charge in [-0.3, -0.25) is 14.4 Å². The van der Waals surface area contributed by atoms with Crippen molar-refractivity contribution in [3.05, 3.63) is 29.8 Å². The van der Waals surface area contributed by atoms with E-state index >= 15 is 0 Å². The zero-order valence-corrected chi connectivity index (χ0v) is 13.5. The number of nitrogens with two attached hydrogens (primary N) is 1. The van der Waals surface area contributed by atoms with Gasteiger partial charge in [0.1, 0.15) is 0 Å². The van der Waals surface area contributed by atoms with Crippen LogP contribution in [0.4, 0.5) is 5.69 Å². The normalized spacial score (nSPS) is 22.7. The van der Waals surface area contributed by atoms with Gasteiger partial charge in [0.15, 0.2) is 11.8 Å². The molecule has 0 unspecified atom stereocenters. The minimum absolute atomic E-state index is 0.0286. The van der Waals surface area contributed by atoms with Crippen LogP contribution in [0.1, 0.15) is 55.8 Å². The fourth-order valence-electron chi connectivity index (χ4n) is 3.58. The first kappa shape index (κ1) is 15.9. The molecule has 0 radical (unpaired) electrons. The molecule has 2 N–H and O–H groups in total. The van der Waals surface area contributed by atoms with Crippen molar-refractivity contribution in [2.24, 2.45) is 0 Å². The van der Waals surface area contributed by atoms with Gasteiger partial charge in [-0.1, -0.05) is 6.42 Å². The number of hydrogen-bond acceptors (Lipinski definition) is 3. The third kappa shape index (κ3) is 3.34. The lowest BCUT2D eigenvalue weighted by atomic mass is 9.95. The Morgan fingerprint density at radius 1 is 1.09 bits per heavy atom. The third-order valence-corrected chi connectivity index (χ3v) is 4.87. The van der Waals surface area contributed by atoms with E-state index in [1.165, 1.54) is 31.1 Å². The molecule has 5 heteroatoms. The Morgan fingerprint density at radius 2 is 1.74 bits per heavy atom. The van der Waals surface area contributed by atoms with Gasteiger partial charge in [-0.15, -0.1) is 0 Å². The maximum absolute atomic E-state index is 12.6. The average Bonchev–Trinajstić information content (AvgIpc) is 2.82. The summed E-state index contributed by atoms with van der Waals surface area (Å²) in [5.74, 6) is -0.307. The molecule has 1 aliphatic carbocycles. The maximum Gasteiger partial charge on any atom is 0.292 e. The van der Waals surface area contributed by atoms with Gasteiger partial charge in [0.25, 0.3) is 5.91 Å². The van der Waals surface area contributed by atoms with Crippen molar-refractivity contribution >= 4 is 23.3 Å². The van der Waals surface area contributed by atoms with Crippen molar-refractivity contribution in [3.8, 4) is 0 Å². The number of Topliss-reactive ketones (excluding diaryl/α,β-unsaturated/α-hetero) is 1. The van der Waals surface area contributed by atoms with Crippen LogP contribution in [0, 0.1) is 0 Å². The number of amides is 2. The van der Waals surface area contributed by atoms with Crippen LogP contribution in [-0.2, 0) is 9.59 Å². The molecule has 0 aromatic heterocycles. The topological polar surface area (TPSA) is 71.1 Å². The van der Waals surface area contributed by atoms with Gasteiger partial charge in [-0.05, 0) is 56.9 Å². The quantitative estimate of drug-likeness (QED) is 0.675. The third-order valence-electron chi connectivity index (χ3n) is 4.87. The van der Waals surface area contributed by atoms with Crippen LogP contribution in [0.15, 0.2) is 24.3 Å². The van der Waals surface area contributed by atoms with Gasteiger partial charge in [0.2, 0.25) is 5.91 Å². The van der Waals surface area contributed by atoms with Crippen LogP contribution in [0.5, 0.6) is 0 Å². The monoisotopic (exact) mass is 315 g/mol. The summed E-state index contributed by atoms with van der Waals surface area (Å²) in [5, 5.41) is 2.10. The lowest BCUT2D eigenvalue weighted by molar-refractivity contribution is -0.710. The second-order valence-electron chi connectivity index (χ2n) is 6.57. The van der Waals surface area contributed by atoms with Crippen molar-refractivity contribution in [1.29, 1.82) is 0 Å². The standard InChI is InChI=1S/C18H22N2O3/c1-12(21)13-7-9-15(10-8-13)20-17(22)11-16(18(20)23)19-14-5-3-2-4-6-14/h7-10,14,16,19H,2-6,11H2,1H3/p+1/t16-/m1/s1. The second-order valence-corrected chi connectivity index (χ2v) is 6.57. The van der Waals surface area contributed by atoms with E-state index in [9.17, 15) is 14.4 Å². The first-order valence-electron chi connectivity index (χ1n) is 8.39. The molecule has 2 fully saturated rings. The van der Waals surface area contributed by atoms with Crippen LogP contribution >= 0.6 is 0 Å². The molecule has 5 nitrogen and oxygen atoms in total. The highest BCUT2D eigenvalue weighted by atomic mass is 16.2. The summed E-state index contributed by atoms with van der Waals surface area (Å²) in [6.07, 6.45) is 6.23. The Bertz CT molecular complexity index is 618. The highest BCUT2D eigenvalue weighted by Crippen LogP contribution is 2.23. The molecule has 2 aliphatic rings. The SMILES string of the molecule is CC(=O)c1ccc(N2C(=O)C[C@@H]([NH2+]C3CCCCC3)C2=O)cc1. The van der Waals surface area contributed by atoms with Crippen molar-refractivity contribution in [2.45, 2.75) is 57.5 Å². The molecular formula is C18H23N2O3+. The zero-order chi connectivity index (χ0) is 16.4. The number of rotatable bonds is 4. The summed E-state index contributed by atoms with van der Waals surface area (Å²) < 4.78 is 0. The van der Waals surface area contributed by atoms with Crippen molar-refractivity contribution in [2.75, 3.05) is 4.90 Å². The van der Waals surface area contributed by atoms with E-state index in [-0.39, 0.29) is 30.1 Å². The molecule has 2 amide bonds. The van der Waals surface area contributed by atoms with Crippen LogP contribution in [0.3, 0.4) is 0 Å². The Labute approximate surface area is 136 Å². The van der Waals surface area contributed by atoms with E-state index in [1.807, 2.05) is 0 Å². The van der Waals surface area contributed by atoms with Crippen molar-refractivity contribution in [1.82, 2.24) is 0 Å². The van der Waals surface area contributed by atoms with Crippen LogP contribution < -0.4 is 10.2 Å². The number of imide groups is 1. The Morgan fingerprint density at radius 3 is 2.35 bits per heavy atom. The molecule has 3 rings (SSSR count). The predicted molar refractivity (Wildman–Crippen MR) is 86.1 cm³/mol. The first-order valence-corrected chi connectivity index (χ1v) is 8.39. The van der Waals surface area contributed by atoms with Gasteiger partial charge < -0.3 is 5.32 Å². The lowest BCUT2D eigenvalue weighted by Gasteiger charge is -2.22. The molecule has 1 saturated carbocycles. The van der Waals surface area contributed by atoms with Gasteiger partial charge in [-0.25, -0.2) is 4.90 Å². The van der Waals surface area contributed by atoms with Gasteiger partial charge in [-0.2, -0.15) is 0 Å². The fourth-order valence-corrected chi connectivity index (χ4v) is 3.58. The smallest absolute Gasteiger partial charge is 0.292 e. The summed E-state index contributed by atoms with van der Waals surface area (Å²) in [6.45, 7) is 1.50. The van der Waals surface area contributed by atoms with Crippen molar-refractivity contribution in [3.63, 3.8) is 0 Å². The molecule has 23 heavy (non-hydrogen) atoms. The summed E-state index contributed by atoms with van der Waals surface area (Å²) in [6, 6.07) is 6.85. The highest BCUT2D eigenvalue weighted by molar-refractivity contribution is 6.21. The largest absolute Gasteiger partial charge is 0.333 e. The van der Waals surface area contributed by atoms with E-state index in [0.29, 0.717) is 17.3 Å². The van der Waals surface area contributed by atoms with Crippen molar-refractivity contribution < 1.29 is 19.7 Å². The molecule has 0 bridgehead atoms. The predicted octanol–water partition coefficient (Wildman–Crippen LogP) is 1.42. The van der Waals surface area contributed by atoms with Gasteiger partial charge >= 0.3 is 0 Å². The van der Waals surface area contributed by atoms with Crippen LogP contribution in [0.25, 0.3) is 0 Å². The summed E-state index contributed by atoms with van der Waals surface area (Å²) in [5.41, 5.74) is 1.14. The Balaban J connectivity index is 1.71. The van der Waals surface area contributed by atoms with Crippen LogP contribution in [0.2, 0.25) is 0 Å². The number of ketones is 1. The average molecular weight is 315 g/mol. The zero-order valence-electron chi connectivity index (χ0n) is 13.5. The minimum atomic E-state index is -0.293. The highest BCUT2D eigenvalue weighted by Gasteiger charge is 2.43. The van der Waals surface area contributed by atoms with E-state index < -0.39 is 0 Å².